The molecule has 326 valence electrons. The van der Waals surface area contributed by atoms with E-state index in [9.17, 15) is 37.5 Å². The van der Waals surface area contributed by atoms with E-state index >= 15 is 0 Å². The Morgan fingerprint density at radius 1 is 1.02 bits per heavy atom. The summed E-state index contributed by atoms with van der Waals surface area (Å²) < 4.78 is 40.4. The van der Waals surface area contributed by atoms with Gasteiger partial charge in [0.25, 0.3) is 11.8 Å². The number of imide groups is 1. The Hall–Kier alpha value is -5.26. The highest BCUT2D eigenvalue weighted by atomic mass is 32.1. The number of nitrogens with one attached hydrogen (secondary N) is 3. The summed E-state index contributed by atoms with van der Waals surface area (Å²) in [6.07, 6.45) is 4.25. The predicted octanol–water partition coefficient (Wildman–Crippen LogP) is 7.30. The van der Waals surface area contributed by atoms with Crippen molar-refractivity contribution < 1.29 is 37.5 Å². The van der Waals surface area contributed by atoms with E-state index in [0.29, 0.717) is 51.1 Å². The third kappa shape index (κ3) is 8.10. The minimum Gasteiger partial charge on any atom is -0.386 e. The fourth-order valence-electron chi connectivity index (χ4n) is 10.4. The normalized spacial score (nSPS) is 23.0. The van der Waals surface area contributed by atoms with Gasteiger partial charge < -0.3 is 20.6 Å². The molecule has 0 bridgehead atoms. The first-order chi connectivity index (χ1) is 29.4. The van der Waals surface area contributed by atoms with Crippen LogP contribution in [-0.2, 0) is 21.4 Å². The van der Waals surface area contributed by atoms with Gasteiger partial charge in [0.05, 0.1) is 26.4 Å². The van der Waals surface area contributed by atoms with Crippen LogP contribution in [-0.4, -0.2) is 85.7 Å². The van der Waals surface area contributed by atoms with Crippen LogP contribution < -0.4 is 16.0 Å². The molecule has 13 nitrogen and oxygen atoms in total. The fourth-order valence-corrected chi connectivity index (χ4v) is 11.6. The van der Waals surface area contributed by atoms with Gasteiger partial charge in [0, 0.05) is 72.9 Å². The van der Waals surface area contributed by atoms with Crippen LogP contribution in [0.15, 0.2) is 49.2 Å². The van der Waals surface area contributed by atoms with Gasteiger partial charge in [-0.15, -0.1) is 11.3 Å². The van der Waals surface area contributed by atoms with Crippen molar-refractivity contribution in [2.24, 2.45) is 17.3 Å². The number of thiazole rings is 1. The molecule has 3 aliphatic heterocycles. The summed E-state index contributed by atoms with van der Waals surface area (Å²) in [5, 5.41) is 20.5. The first kappa shape index (κ1) is 42.1. The topological polar surface area (TPSA) is 170 Å². The summed E-state index contributed by atoms with van der Waals surface area (Å²) in [7, 11) is 0. The number of halogens is 3. The zero-order chi connectivity index (χ0) is 43.7. The molecule has 2 aromatic carbocycles. The number of benzene rings is 2. The van der Waals surface area contributed by atoms with Crippen LogP contribution in [0.4, 0.5) is 24.5 Å². The molecule has 5 aliphatic rings. The molecule has 9 rings (SSSR count). The van der Waals surface area contributed by atoms with E-state index in [1.54, 1.807) is 37.3 Å². The lowest BCUT2D eigenvalue weighted by atomic mass is 9.57. The standard InChI is InChI=1S/C45H49F3N8O5S/c1-24-28-5-4-6-30(37(28)41(60)56(24)34-11-12-36(57)54-39(34)59)49-15-13-26-19-44(20-26)22-55(23-44)21-25-7-9-27(10-8-25)40-52-33-17-29(43(2,3)61)32(18-35(33)62-40)51-38(58)31-14-16-50-42(53-31)45(46,47)48/h4-6,14,16-18,25-27,34,49,61H,1,7-13,15,19-23H2,2-3H3,(H,51,58)(H,54,57,59)/t25-,27-,34?. The molecule has 1 spiro atoms. The summed E-state index contributed by atoms with van der Waals surface area (Å²) >= 11 is 1.55. The van der Waals surface area contributed by atoms with Crippen molar-refractivity contribution in [3.8, 4) is 0 Å². The summed E-state index contributed by atoms with van der Waals surface area (Å²) in [4.78, 5) is 66.6. The summed E-state index contributed by atoms with van der Waals surface area (Å²) in [6.45, 7) is 11.4. The van der Waals surface area contributed by atoms with Crippen molar-refractivity contribution in [3.63, 3.8) is 0 Å². The molecule has 1 atom stereocenters. The van der Waals surface area contributed by atoms with Gasteiger partial charge in [0.15, 0.2) is 0 Å². The Bertz CT molecular complexity index is 2480. The summed E-state index contributed by atoms with van der Waals surface area (Å²) in [6, 6.07) is 9.49. The third-order valence-electron chi connectivity index (χ3n) is 13.4. The van der Waals surface area contributed by atoms with E-state index in [2.05, 4.69) is 37.4 Å². The minimum absolute atomic E-state index is 0.186. The molecule has 4 fully saturated rings. The second kappa shape index (κ2) is 15.8. The zero-order valence-corrected chi connectivity index (χ0v) is 35.4. The van der Waals surface area contributed by atoms with Crippen LogP contribution in [0.3, 0.4) is 0 Å². The maximum absolute atomic E-state index is 13.6. The lowest BCUT2D eigenvalue weighted by Crippen LogP contribution is -2.63. The van der Waals surface area contributed by atoms with Crippen LogP contribution in [0.2, 0.25) is 0 Å². The van der Waals surface area contributed by atoms with E-state index in [1.807, 2.05) is 18.2 Å². The molecule has 0 radical (unpaired) electrons. The molecule has 5 heterocycles. The maximum atomic E-state index is 13.6. The van der Waals surface area contributed by atoms with Gasteiger partial charge in [-0.1, -0.05) is 18.7 Å². The number of amides is 4. The number of rotatable bonds is 11. The van der Waals surface area contributed by atoms with Crippen molar-refractivity contribution in [3.05, 3.63) is 82.4 Å². The van der Waals surface area contributed by atoms with E-state index < -0.39 is 41.2 Å². The molecule has 2 aliphatic carbocycles. The van der Waals surface area contributed by atoms with Gasteiger partial charge in [-0.25, -0.2) is 15.0 Å². The Morgan fingerprint density at radius 3 is 2.48 bits per heavy atom. The Kier molecular flexibility index (Phi) is 10.7. The van der Waals surface area contributed by atoms with Crippen molar-refractivity contribution in [1.82, 2.24) is 30.1 Å². The van der Waals surface area contributed by atoms with Crippen LogP contribution in [0.1, 0.15) is 120 Å². The van der Waals surface area contributed by atoms with E-state index in [4.69, 9.17) is 4.98 Å². The second-order valence-electron chi connectivity index (χ2n) is 18.4. The number of piperidine rings is 1. The molecule has 2 saturated carbocycles. The van der Waals surface area contributed by atoms with E-state index in [-0.39, 0.29) is 30.3 Å². The Morgan fingerprint density at radius 2 is 1.77 bits per heavy atom. The minimum atomic E-state index is -4.80. The van der Waals surface area contributed by atoms with Gasteiger partial charge in [-0.3, -0.25) is 29.4 Å². The number of hydrogen-bond donors (Lipinski definition) is 4. The number of carbonyl (C=O) groups excluding carboxylic acids is 4. The molecular formula is C45H49F3N8O5S. The largest absolute Gasteiger partial charge is 0.451 e. The molecule has 2 aromatic heterocycles. The maximum Gasteiger partial charge on any atom is 0.451 e. The first-order valence-electron chi connectivity index (χ1n) is 21.3. The summed E-state index contributed by atoms with van der Waals surface area (Å²) in [5.74, 6) is -1.74. The molecule has 17 heteroatoms. The molecule has 1 unspecified atom stereocenters. The average molecular weight is 871 g/mol. The number of fused-ring (bicyclic) bond motifs is 2. The smallest absolute Gasteiger partial charge is 0.386 e. The molecular weight excluding hydrogens is 822 g/mol. The van der Waals surface area contributed by atoms with Gasteiger partial charge in [-0.05, 0) is 107 Å². The molecule has 4 aromatic rings. The van der Waals surface area contributed by atoms with Crippen molar-refractivity contribution in [1.29, 1.82) is 0 Å². The highest BCUT2D eigenvalue weighted by Crippen LogP contribution is 2.54. The molecule has 4 amide bonds. The highest BCUT2D eigenvalue weighted by molar-refractivity contribution is 7.18. The number of anilines is 2. The van der Waals surface area contributed by atoms with Crippen molar-refractivity contribution in [2.75, 3.05) is 36.8 Å². The number of hydrogen-bond acceptors (Lipinski definition) is 11. The predicted molar refractivity (Wildman–Crippen MR) is 227 cm³/mol. The number of nitrogens with zero attached hydrogens (tertiary/aromatic N) is 5. The number of aromatic nitrogens is 3. The van der Waals surface area contributed by atoms with Crippen LogP contribution in [0.5, 0.6) is 0 Å². The fraction of sp³-hybridized carbons (Fsp3) is 0.489. The van der Waals surface area contributed by atoms with Crippen molar-refractivity contribution >= 4 is 62.3 Å². The molecule has 62 heavy (non-hydrogen) atoms. The number of likely N-dealkylation sites (tertiary alicyclic amines) is 1. The quantitative estimate of drug-likeness (QED) is 0.112. The van der Waals surface area contributed by atoms with Gasteiger partial charge in [0.2, 0.25) is 17.6 Å². The molecule has 2 saturated heterocycles. The highest BCUT2D eigenvalue weighted by Gasteiger charge is 2.52. The van der Waals surface area contributed by atoms with E-state index in [0.717, 1.165) is 85.9 Å². The van der Waals surface area contributed by atoms with Gasteiger partial charge in [-0.2, -0.15) is 13.2 Å². The third-order valence-corrected chi connectivity index (χ3v) is 14.5. The van der Waals surface area contributed by atoms with Crippen LogP contribution in [0, 0.1) is 17.3 Å². The van der Waals surface area contributed by atoms with Crippen molar-refractivity contribution in [2.45, 2.75) is 95.4 Å². The number of carbonyl (C=O) groups is 4. The zero-order valence-electron chi connectivity index (χ0n) is 34.6. The number of aliphatic hydroxyl groups is 1. The van der Waals surface area contributed by atoms with E-state index in [1.165, 1.54) is 17.7 Å². The SMILES string of the molecule is C=C1c2cccc(NCCC3CC4(C3)CN(C[C@H]3CC[C@H](c5nc6cc(C(C)(C)O)c(NC(=O)c7ccnc(C(F)(F)F)n7)cc6s5)CC3)C4)c2C(=O)N1C1CCC(=O)NC1=O. The first-order valence-corrected chi connectivity index (χ1v) is 22.1. The van der Waals surface area contributed by atoms with Gasteiger partial charge in [0.1, 0.15) is 11.7 Å². The lowest BCUT2D eigenvalue weighted by Gasteiger charge is -2.60. The number of alkyl halides is 3. The average Bonchev–Trinajstić information content (AvgIpc) is 3.73. The molecule has 4 N–H and O–H groups in total. The summed E-state index contributed by atoms with van der Waals surface area (Å²) in [5.41, 5.74) is 2.46. The Labute approximate surface area is 360 Å². The van der Waals surface area contributed by atoms with Crippen LogP contribution in [0.25, 0.3) is 15.9 Å². The monoisotopic (exact) mass is 870 g/mol. The lowest BCUT2D eigenvalue weighted by molar-refractivity contribution is -0.145. The van der Waals surface area contributed by atoms with Gasteiger partial charge >= 0.3 is 6.18 Å². The second-order valence-corrected chi connectivity index (χ2v) is 19.5. The Balaban J connectivity index is 0.735. The van der Waals surface area contributed by atoms with Crippen LogP contribution >= 0.6 is 11.3 Å².